The van der Waals surface area contributed by atoms with Crippen LogP contribution in [0.5, 0.6) is 5.88 Å². The van der Waals surface area contributed by atoms with Crippen molar-refractivity contribution in [3.8, 4) is 5.88 Å². The summed E-state index contributed by atoms with van der Waals surface area (Å²) in [5.74, 6) is -4.45. The SMILES string of the molecule is CNNC(=O)C(C)(CCC(F)(F)COc1ccn(C(C)=O)n1)c1cccc(CC2(C(=O)OC)CC2)c1. The number of hydrazine groups is 1. The first kappa shape index (κ1) is 27.3. The zero-order chi connectivity index (χ0) is 26.6. The number of rotatable bonds is 12. The number of halogens is 2. The maximum atomic E-state index is 14.8. The predicted octanol–water partition coefficient (Wildman–Crippen LogP) is 3.04. The average Bonchev–Trinajstić information content (AvgIpc) is 3.46. The standard InChI is InChI=1S/C25H32F2N4O5/c1-17(32)31-13-8-20(30-31)36-16-25(26,27)12-9-23(2,21(33)29-28-3)19-7-5-6-18(14-19)15-24(10-11-24)22(34)35-4/h5-8,13-14,28H,9-12,15-16H2,1-4H3,(H,29,33). The molecule has 0 spiro atoms. The molecule has 1 aromatic heterocycles. The first-order chi connectivity index (χ1) is 16.9. The molecule has 1 unspecified atom stereocenters. The minimum Gasteiger partial charge on any atom is -0.470 e. The summed E-state index contributed by atoms with van der Waals surface area (Å²) < 4.78 is 40.6. The lowest BCUT2D eigenvalue weighted by Gasteiger charge is -2.31. The Morgan fingerprint density at radius 2 is 1.92 bits per heavy atom. The molecule has 1 heterocycles. The summed E-state index contributed by atoms with van der Waals surface area (Å²) in [6.45, 7) is 1.95. The second-order valence-corrected chi connectivity index (χ2v) is 9.45. The smallest absolute Gasteiger partial charge is 0.312 e. The van der Waals surface area contributed by atoms with Crippen LogP contribution < -0.4 is 15.6 Å². The maximum Gasteiger partial charge on any atom is 0.312 e. The second kappa shape index (κ2) is 10.7. The molecule has 1 aromatic carbocycles. The number of aromatic nitrogens is 2. The quantitative estimate of drug-likeness (QED) is 0.336. The predicted molar refractivity (Wildman–Crippen MR) is 127 cm³/mol. The lowest BCUT2D eigenvalue weighted by Crippen LogP contribution is -2.48. The van der Waals surface area contributed by atoms with Crippen molar-refractivity contribution in [2.75, 3.05) is 20.8 Å². The van der Waals surface area contributed by atoms with Gasteiger partial charge in [-0.05, 0) is 43.7 Å². The molecular formula is C25H32F2N4O5. The van der Waals surface area contributed by atoms with Crippen molar-refractivity contribution in [2.24, 2.45) is 5.41 Å². The molecule has 0 radical (unpaired) electrons. The highest BCUT2D eigenvalue weighted by molar-refractivity contribution is 5.87. The van der Waals surface area contributed by atoms with E-state index in [1.165, 1.54) is 33.3 Å². The molecule has 1 fully saturated rings. The first-order valence-electron chi connectivity index (χ1n) is 11.7. The van der Waals surface area contributed by atoms with Gasteiger partial charge in [-0.25, -0.2) is 18.9 Å². The lowest BCUT2D eigenvalue weighted by molar-refractivity contribution is -0.147. The van der Waals surface area contributed by atoms with Gasteiger partial charge in [0.25, 0.3) is 5.92 Å². The normalized spacial score (nSPS) is 16.1. The third-order valence-electron chi connectivity index (χ3n) is 6.63. The Kier molecular flexibility index (Phi) is 8.12. The summed E-state index contributed by atoms with van der Waals surface area (Å²) in [5.41, 5.74) is 4.63. The number of carbonyl (C=O) groups is 3. The number of amides is 1. The summed E-state index contributed by atoms with van der Waals surface area (Å²) >= 11 is 0. The van der Waals surface area contributed by atoms with E-state index in [1.54, 1.807) is 25.1 Å². The first-order valence-corrected chi connectivity index (χ1v) is 11.7. The number of ether oxygens (including phenoxy) is 2. The molecule has 36 heavy (non-hydrogen) atoms. The van der Waals surface area contributed by atoms with Crippen LogP contribution in [0.1, 0.15) is 55.5 Å². The number of hydrogen-bond acceptors (Lipinski definition) is 7. The van der Waals surface area contributed by atoms with Crippen LogP contribution in [0.4, 0.5) is 8.78 Å². The Hall–Kier alpha value is -3.34. The minimum absolute atomic E-state index is 0.0899. The maximum absolute atomic E-state index is 14.8. The third kappa shape index (κ3) is 6.26. The molecule has 1 aliphatic carbocycles. The fourth-order valence-corrected chi connectivity index (χ4v) is 4.12. The molecule has 196 valence electrons. The van der Waals surface area contributed by atoms with Crippen LogP contribution in [0.3, 0.4) is 0 Å². The second-order valence-electron chi connectivity index (χ2n) is 9.45. The summed E-state index contributed by atoms with van der Waals surface area (Å²) in [6.07, 6.45) is 2.41. The van der Waals surface area contributed by atoms with Gasteiger partial charge in [-0.1, -0.05) is 24.3 Å². The summed E-state index contributed by atoms with van der Waals surface area (Å²) in [5, 5.41) is 3.79. The summed E-state index contributed by atoms with van der Waals surface area (Å²) in [4.78, 5) is 36.5. The van der Waals surface area contributed by atoms with Gasteiger partial charge < -0.3 is 9.47 Å². The van der Waals surface area contributed by atoms with E-state index < -0.39 is 35.7 Å². The van der Waals surface area contributed by atoms with Gasteiger partial charge in [0.2, 0.25) is 17.7 Å². The van der Waals surface area contributed by atoms with Crippen LogP contribution in [0.2, 0.25) is 0 Å². The van der Waals surface area contributed by atoms with Gasteiger partial charge in [0.05, 0.1) is 17.9 Å². The molecule has 9 nitrogen and oxygen atoms in total. The number of methoxy groups -OCH3 is 1. The topological polar surface area (TPSA) is 112 Å². The van der Waals surface area contributed by atoms with Crippen molar-refractivity contribution in [1.29, 1.82) is 0 Å². The van der Waals surface area contributed by atoms with Gasteiger partial charge >= 0.3 is 5.97 Å². The van der Waals surface area contributed by atoms with Crippen molar-refractivity contribution in [2.45, 2.75) is 57.3 Å². The highest BCUT2D eigenvalue weighted by atomic mass is 19.3. The molecule has 2 aromatic rings. The molecule has 2 N–H and O–H groups in total. The van der Waals surface area contributed by atoms with E-state index in [-0.39, 0.29) is 24.2 Å². The number of esters is 1. The highest BCUT2D eigenvalue weighted by Gasteiger charge is 2.51. The number of hydrogen-bond donors (Lipinski definition) is 2. The van der Waals surface area contributed by atoms with Gasteiger partial charge in [0.1, 0.15) is 0 Å². The van der Waals surface area contributed by atoms with Crippen LogP contribution in [-0.4, -0.2) is 54.3 Å². The summed E-state index contributed by atoms with van der Waals surface area (Å²) in [7, 11) is 2.88. The van der Waals surface area contributed by atoms with E-state index in [1.807, 2.05) is 6.07 Å². The Morgan fingerprint density at radius 3 is 2.50 bits per heavy atom. The summed E-state index contributed by atoms with van der Waals surface area (Å²) in [6, 6.07) is 8.45. The lowest BCUT2D eigenvalue weighted by atomic mass is 9.76. The average molecular weight is 507 g/mol. The van der Waals surface area contributed by atoms with Crippen LogP contribution in [0.15, 0.2) is 36.5 Å². The van der Waals surface area contributed by atoms with E-state index in [0.717, 1.165) is 23.1 Å². The van der Waals surface area contributed by atoms with Crippen LogP contribution >= 0.6 is 0 Å². The van der Waals surface area contributed by atoms with Crippen LogP contribution in [-0.2, 0) is 26.2 Å². The van der Waals surface area contributed by atoms with Crippen molar-refractivity contribution in [3.63, 3.8) is 0 Å². The number of alkyl halides is 2. The number of benzene rings is 1. The van der Waals surface area contributed by atoms with Crippen molar-refractivity contribution in [3.05, 3.63) is 47.7 Å². The largest absolute Gasteiger partial charge is 0.470 e. The van der Waals surface area contributed by atoms with Gasteiger partial charge in [-0.2, -0.15) is 0 Å². The molecule has 1 aliphatic rings. The zero-order valence-corrected chi connectivity index (χ0v) is 20.9. The Morgan fingerprint density at radius 1 is 1.19 bits per heavy atom. The van der Waals surface area contributed by atoms with Crippen molar-refractivity contribution in [1.82, 2.24) is 20.6 Å². The number of carbonyl (C=O) groups excluding carboxylic acids is 3. The number of nitrogens with one attached hydrogen (secondary N) is 2. The van der Waals surface area contributed by atoms with Gasteiger partial charge in [0.15, 0.2) is 6.61 Å². The van der Waals surface area contributed by atoms with E-state index in [0.29, 0.717) is 12.0 Å². The fraction of sp³-hybridized carbons (Fsp3) is 0.520. The molecular weight excluding hydrogens is 474 g/mol. The van der Waals surface area contributed by atoms with Crippen molar-refractivity contribution < 1.29 is 32.6 Å². The molecule has 1 amide bonds. The highest BCUT2D eigenvalue weighted by Crippen LogP contribution is 2.49. The van der Waals surface area contributed by atoms with Gasteiger partial charge in [0, 0.05) is 32.7 Å². The van der Waals surface area contributed by atoms with Crippen molar-refractivity contribution >= 4 is 17.8 Å². The Balaban J connectivity index is 1.74. The number of nitrogens with zero attached hydrogens (tertiary/aromatic N) is 2. The van der Waals surface area contributed by atoms with E-state index in [9.17, 15) is 23.2 Å². The molecule has 1 saturated carbocycles. The van der Waals surface area contributed by atoms with E-state index in [4.69, 9.17) is 9.47 Å². The molecule has 3 rings (SSSR count). The van der Waals surface area contributed by atoms with Gasteiger partial charge in [-0.15, -0.1) is 5.10 Å². The zero-order valence-electron chi connectivity index (χ0n) is 20.9. The van der Waals surface area contributed by atoms with E-state index >= 15 is 0 Å². The third-order valence-corrected chi connectivity index (χ3v) is 6.63. The molecule has 1 atom stereocenters. The Labute approximate surface area is 208 Å². The Bertz CT molecular complexity index is 1120. The van der Waals surface area contributed by atoms with Crippen LogP contribution in [0.25, 0.3) is 0 Å². The molecule has 0 aliphatic heterocycles. The fourth-order valence-electron chi connectivity index (χ4n) is 4.12. The molecule has 0 saturated heterocycles. The molecule has 0 bridgehead atoms. The minimum atomic E-state index is -3.26. The van der Waals surface area contributed by atoms with E-state index in [2.05, 4.69) is 16.0 Å². The van der Waals surface area contributed by atoms with Crippen LogP contribution in [0, 0.1) is 5.41 Å². The monoisotopic (exact) mass is 506 g/mol. The molecule has 11 heteroatoms. The van der Waals surface area contributed by atoms with Gasteiger partial charge in [-0.3, -0.25) is 19.8 Å².